The molecule has 0 radical (unpaired) electrons. The van der Waals surface area contributed by atoms with Crippen molar-refractivity contribution in [3.05, 3.63) is 22.8 Å². The summed E-state index contributed by atoms with van der Waals surface area (Å²) in [6.07, 6.45) is 3.22. The Morgan fingerprint density at radius 2 is 2.53 bits per heavy atom. The third-order valence-electron chi connectivity index (χ3n) is 1.51. The smallest absolute Gasteiger partial charge is 0.292 e. The van der Waals surface area contributed by atoms with Crippen molar-refractivity contribution in [1.82, 2.24) is 15.0 Å². The molecule has 0 saturated heterocycles. The Labute approximate surface area is 94.3 Å². The summed E-state index contributed by atoms with van der Waals surface area (Å²) in [5, 5.41) is 5.91. The van der Waals surface area contributed by atoms with Crippen molar-refractivity contribution < 1.29 is 4.79 Å². The molecule has 0 aromatic carbocycles. The molecule has 1 amide bonds. The maximum Gasteiger partial charge on any atom is 0.292 e. The van der Waals surface area contributed by atoms with Crippen molar-refractivity contribution in [3.63, 3.8) is 0 Å². The van der Waals surface area contributed by atoms with Gasteiger partial charge < -0.3 is 4.98 Å². The van der Waals surface area contributed by atoms with E-state index in [1.54, 1.807) is 12.4 Å². The second-order valence-electron chi connectivity index (χ2n) is 2.66. The van der Waals surface area contributed by atoms with Crippen LogP contribution in [0.15, 0.2) is 22.8 Å². The van der Waals surface area contributed by atoms with Gasteiger partial charge in [-0.25, -0.2) is 9.97 Å². The summed E-state index contributed by atoms with van der Waals surface area (Å²) < 4.78 is 0. The number of hydrogen-bond donors (Lipinski definition) is 2. The summed E-state index contributed by atoms with van der Waals surface area (Å²) in [4.78, 5) is 22.3. The highest BCUT2D eigenvalue weighted by Crippen LogP contribution is 2.21. The highest BCUT2D eigenvalue weighted by Gasteiger charge is 2.08. The van der Waals surface area contributed by atoms with Crippen LogP contribution in [0.2, 0.25) is 0 Å². The van der Waals surface area contributed by atoms with Crippen LogP contribution in [0.3, 0.4) is 0 Å². The molecule has 0 fully saturated rings. The summed E-state index contributed by atoms with van der Waals surface area (Å²) in [5.41, 5.74) is 0. The van der Waals surface area contributed by atoms with E-state index in [2.05, 4.69) is 20.3 Å². The average molecular weight is 240 g/mol. The number of imidazole rings is 1. The molecule has 2 aromatic heterocycles. The number of thioether (sulfide) groups is 1. The first-order chi connectivity index (χ1) is 7.24. The maximum absolute atomic E-state index is 11.4. The molecular formula is C8H8N4OS2. The van der Waals surface area contributed by atoms with E-state index in [1.165, 1.54) is 11.3 Å². The molecule has 0 unspecified atom stereocenters. The first-order valence-corrected chi connectivity index (χ1v) is 5.84. The molecule has 0 spiro atoms. The number of hydrogen-bond acceptors (Lipinski definition) is 5. The van der Waals surface area contributed by atoms with E-state index in [0.717, 1.165) is 16.8 Å². The number of thiazole rings is 1. The van der Waals surface area contributed by atoms with Crippen LogP contribution in [0.1, 0.15) is 5.01 Å². The van der Waals surface area contributed by atoms with Crippen molar-refractivity contribution in [1.29, 1.82) is 0 Å². The zero-order valence-electron chi connectivity index (χ0n) is 7.85. The van der Waals surface area contributed by atoms with Crippen LogP contribution in [0.4, 0.5) is 10.7 Å². The van der Waals surface area contributed by atoms with E-state index >= 15 is 0 Å². The predicted molar refractivity (Wildman–Crippen MR) is 60.3 cm³/mol. The zero-order valence-corrected chi connectivity index (χ0v) is 9.48. The van der Waals surface area contributed by atoms with Gasteiger partial charge in [-0.1, -0.05) is 0 Å². The van der Waals surface area contributed by atoms with Gasteiger partial charge in [0.05, 0.1) is 5.01 Å². The molecule has 2 heterocycles. The highest BCUT2D eigenvalue weighted by molar-refractivity contribution is 8.13. The number of nitrogens with zero attached hydrogens (tertiary/aromatic N) is 2. The van der Waals surface area contributed by atoms with Crippen LogP contribution in [0.5, 0.6) is 0 Å². The Bertz CT molecular complexity index is 451. The summed E-state index contributed by atoms with van der Waals surface area (Å²) in [5.74, 6) is 0.444. The molecule has 2 N–H and O–H groups in total. The topological polar surface area (TPSA) is 70.7 Å². The fourth-order valence-corrected chi connectivity index (χ4v) is 2.33. The fourth-order valence-electron chi connectivity index (χ4n) is 0.941. The standard InChI is InChI=1S/C8H8N4OS2/c1-5-11-6(4-14-5)15-8(13)12-7-9-2-3-10-7/h2-4H,1H3,(H2,9,10,12,13). The molecular weight excluding hydrogens is 232 g/mol. The Morgan fingerprint density at radius 3 is 3.13 bits per heavy atom. The van der Waals surface area contributed by atoms with E-state index in [4.69, 9.17) is 0 Å². The second-order valence-corrected chi connectivity index (χ2v) is 4.71. The van der Waals surface area contributed by atoms with Crippen LogP contribution in [-0.2, 0) is 0 Å². The second kappa shape index (κ2) is 4.45. The van der Waals surface area contributed by atoms with Gasteiger partial charge in [-0.05, 0) is 18.7 Å². The largest absolute Gasteiger partial charge is 0.331 e. The molecule has 2 aromatic rings. The number of carbonyl (C=O) groups is 1. The first-order valence-electron chi connectivity index (χ1n) is 4.14. The third-order valence-corrected chi connectivity index (χ3v) is 3.14. The quantitative estimate of drug-likeness (QED) is 0.791. The van der Waals surface area contributed by atoms with Crippen molar-refractivity contribution >= 4 is 34.3 Å². The summed E-state index contributed by atoms with van der Waals surface area (Å²) in [7, 11) is 0. The summed E-state index contributed by atoms with van der Waals surface area (Å²) in [6, 6.07) is 0. The summed E-state index contributed by atoms with van der Waals surface area (Å²) >= 11 is 2.57. The molecule has 0 bridgehead atoms. The van der Waals surface area contributed by atoms with Gasteiger partial charge in [0.15, 0.2) is 0 Å². The highest BCUT2D eigenvalue weighted by atomic mass is 32.2. The number of H-pyrrole nitrogens is 1. The normalized spacial score (nSPS) is 10.2. The van der Waals surface area contributed by atoms with Gasteiger partial charge >= 0.3 is 0 Å². The molecule has 78 valence electrons. The lowest BCUT2D eigenvalue weighted by Gasteiger charge is -1.97. The molecule has 0 atom stereocenters. The van der Waals surface area contributed by atoms with Crippen LogP contribution in [0, 0.1) is 6.92 Å². The Balaban J connectivity index is 1.93. The molecule has 0 aliphatic carbocycles. The minimum atomic E-state index is -0.199. The molecule has 7 heteroatoms. The van der Waals surface area contributed by atoms with Crippen LogP contribution >= 0.6 is 23.1 Å². The van der Waals surface area contributed by atoms with Gasteiger partial charge in [0.25, 0.3) is 5.24 Å². The minimum absolute atomic E-state index is 0.199. The molecule has 0 aliphatic heterocycles. The lowest BCUT2D eigenvalue weighted by Crippen LogP contribution is -2.05. The zero-order chi connectivity index (χ0) is 10.7. The average Bonchev–Trinajstić information content (AvgIpc) is 2.77. The monoisotopic (exact) mass is 240 g/mol. The Kier molecular flexibility index (Phi) is 3.02. The van der Waals surface area contributed by atoms with Gasteiger partial charge in [-0.2, -0.15) is 0 Å². The minimum Gasteiger partial charge on any atom is -0.331 e. The number of aromatic amines is 1. The van der Waals surface area contributed by atoms with E-state index in [9.17, 15) is 4.79 Å². The molecule has 15 heavy (non-hydrogen) atoms. The Hall–Kier alpha value is -1.34. The number of anilines is 1. The first kappa shape index (κ1) is 10.2. The van der Waals surface area contributed by atoms with E-state index in [1.807, 2.05) is 12.3 Å². The number of aryl methyl sites for hydroxylation is 1. The SMILES string of the molecule is Cc1nc(SC(=O)Nc2ncc[nH]2)cs1. The Morgan fingerprint density at radius 1 is 1.67 bits per heavy atom. The van der Waals surface area contributed by atoms with Crippen LogP contribution in [-0.4, -0.2) is 20.2 Å². The van der Waals surface area contributed by atoms with Gasteiger partial charge in [0.1, 0.15) is 5.03 Å². The fraction of sp³-hybridized carbons (Fsp3) is 0.125. The van der Waals surface area contributed by atoms with Gasteiger partial charge in [-0.3, -0.25) is 10.1 Å². The molecule has 5 nitrogen and oxygen atoms in total. The predicted octanol–water partition coefficient (Wildman–Crippen LogP) is 2.50. The van der Waals surface area contributed by atoms with Crippen LogP contribution in [0.25, 0.3) is 0 Å². The van der Waals surface area contributed by atoms with E-state index < -0.39 is 0 Å². The van der Waals surface area contributed by atoms with Crippen molar-refractivity contribution in [3.8, 4) is 0 Å². The van der Waals surface area contributed by atoms with Crippen molar-refractivity contribution in [2.24, 2.45) is 0 Å². The lowest BCUT2D eigenvalue weighted by atomic mass is 10.8. The summed E-state index contributed by atoms with van der Waals surface area (Å²) in [6.45, 7) is 1.90. The van der Waals surface area contributed by atoms with Gasteiger partial charge in [-0.15, -0.1) is 11.3 Å². The number of carbonyl (C=O) groups excluding carboxylic acids is 1. The third kappa shape index (κ3) is 2.80. The number of amides is 1. The van der Waals surface area contributed by atoms with Gasteiger partial charge in [0, 0.05) is 17.8 Å². The molecule has 0 saturated carbocycles. The van der Waals surface area contributed by atoms with E-state index in [0.29, 0.717) is 11.0 Å². The number of rotatable bonds is 2. The molecule has 0 aliphatic rings. The molecule has 2 rings (SSSR count). The van der Waals surface area contributed by atoms with Crippen LogP contribution < -0.4 is 5.32 Å². The maximum atomic E-state index is 11.4. The lowest BCUT2D eigenvalue weighted by molar-refractivity contribution is 0.269. The van der Waals surface area contributed by atoms with Gasteiger partial charge in [0.2, 0.25) is 5.95 Å². The number of nitrogens with one attached hydrogen (secondary N) is 2. The van der Waals surface area contributed by atoms with Crippen molar-refractivity contribution in [2.75, 3.05) is 5.32 Å². The van der Waals surface area contributed by atoms with Crippen molar-refractivity contribution in [2.45, 2.75) is 11.9 Å². The van der Waals surface area contributed by atoms with E-state index in [-0.39, 0.29) is 5.24 Å². The number of aromatic nitrogens is 3.